The standard InChI is InChI=1S/C47H31N3S/c1-3-34-39-27-31(23-26-45(39)51-44(34)4-2)41-29-33(28-40(48-41)30-15-7-5-8-16-30)50-43-22-14-12-20-36(43)38-25-24-37-35-19-11-13-21-42(35)49(46(37)47(38)50)32-17-9-6-10-18-32/h3-29H,1-2H2. The first-order valence-electron chi connectivity index (χ1n) is 17.1. The zero-order valence-electron chi connectivity index (χ0n) is 27.8. The summed E-state index contributed by atoms with van der Waals surface area (Å²) in [5, 5.41) is 6.05. The van der Waals surface area contributed by atoms with Gasteiger partial charge in [-0.2, -0.15) is 0 Å². The summed E-state index contributed by atoms with van der Waals surface area (Å²) in [5.74, 6) is 0. The smallest absolute Gasteiger partial charge is 0.0788 e. The van der Waals surface area contributed by atoms with Crippen LogP contribution in [0.2, 0.25) is 0 Å². The van der Waals surface area contributed by atoms with Gasteiger partial charge >= 0.3 is 0 Å². The van der Waals surface area contributed by atoms with E-state index in [0.29, 0.717) is 0 Å². The number of benzene rings is 6. The number of fused-ring (bicyclic) bond motifs is 8. The molecule has 0 fully saturated rings. The van der Waals surface area contributed by atoms with Gasteiger partial charge in [-0.3, -0.25) is 0 Å². The van der Waals surface area contributed by atoms with Crippen molar-refractivity contribution in [3.63, 3.8) is 0 Å². The molecule has 0 saturated heterocycles. The van der Waals surface area contributed by atoms with Gasteiger partial charge in [0.2, 0.25) is 0 Å². The molecule has 0 unspecified atom stereocenters. The Morgan fingerprint density at radius 3 is 1.67 bits per heavy atom. The van der Waals surface area contributed by atoms with E-state index in [-0.39, 0.29) is 0 Å². The van der Waals surface area contributed by atoms with Crippen LogP contribution in [0.1, 0.15) is 10.4 Å². The zero-order chi connectivity index (χ0) is 34.1. The van der Waals surface area contributed by atoms with Crippen LogP contribution in [0.4, 0.5) is 0 Å². The summed E-state index contributed by atoms with van der Waals surface area (Å²) in [7, 11) is 0. The first-order valence-corrected chi connectivity index (χ1v) is 17.9. The van der Waals surface area contributed by atoms with Crippen LogP contribution in [0, 0.1) is 0 Å². The molecule has 6 aromatic carbocycles. The lowest BCUT2D eigenvalue weighted by Crippen LogP contribution is -2.00. The average molecular weight is 670 g/mol. The van der Waals surface area contributed by atoms with Gasteiger partial charge < -0.3 is 9.13 Å². The maximum Gasteiger partial charge on any atom is 0.0788 e. The van der Waals surface area contributed by atoms with Crippen molar-refractivity contribution in [1.29, 1.82) is 0 Å². The van der Waals surface area contributed by atoms with Crippen molar-refractivity contribution in [3.05, 3.63) is 175 Å². The second-order valence-electron chi connectivity index (χ2n) is 12.9. The number of para-hydroxylation sites is 3. The highest BCUT2D eigenvalue weighted by Gasteiger charge is 2.22. The predicted octanol–water partition coefficient (Wildman–Crippen LogP) is 13.1. The molecule has 51 heavy (non-hydrogen) atoms. The second-order valence-corrected chi connectivity index (χ2v) is 13.9. The van der Waals surface area contributed by atoms with Crippen LogP contribution in [-0.2, 0) is 0 Å². The molecule has 0 aliphatic heterocycles. The van der Waals surface area contributed by atoms with Crippen molar-refractivity contribution in [2.75, 3.05) is 0 Å². The Kier molecular flexibility index (Phi) is 6.66. The molecule has 0 saturated carbocycles. The highest BCUT2D eigenvalue weighted by molar-refractivity contribution is 7.20. The molecule has 10 rings (SSSR count). The van der Waals surface area contributed by atoms with E-state index in [4.69, 9.17) is 4.98 Å². The van der Waals surface area contributed by atoms with Gasteiger partial charge in [0.25, 0.3) is 0 Å². The van der Waals surface area contributed by atoms with Gasteiger partial charge in [0.1, 0.15) is 0 Å². The largest absolute Gasteiger partial charge is 0.307 e. The summed E-state index contributed by atoms with van der Waals surface area (Å²) in [6, 6.07) is 54.5. The minimum absolute atomic E-state index is 0.913. The lowest BCUT2D eigenvalue weighted by molar-refractivity contribution is 1.14. The van der Waals surface area contributed by atoms with Crippen molar-refractivity contribution in [3.8, 4) is 33.9 Å². The van der Waals surface area contributed by atoms with E-state index < -0.39 is 0 Å². The molecule has 0 radical (unpaired) electrons. The molecule has 4 heterocycles. The molecule has 4 aromatic heterocycles. The lowest BCUT2D eigenvalue weighted by atomic mass is 10.0. The molecule has 0 amide bonds. The maximum absolute atomic E-state index is 5.33. The van der Waals surface area contributed by atoms with Crippen LogP contribution in [0.25, 0.3) is 99.7 Å². The average Bonchev–Trinajstić information content (AvgIpc) is 3.85. The summed E-state index contributed by atoms with van der Waals surface area (Å²) < 4.78 is 6.10. The molecular formula is C47H31N3S. The molecule has 0 spiro atoms. The molecule has 0 atom stereocenters. The van der Waals surface area contributed by atoms with Crippen LogP contribution in [-0.4, -0.2) is 14.1 Å². The first-order chi connectivity index (χ1) is 25.2. The molecule has 240 valence electrons. The second kappa shape index (κ2) is 11.5. The Bertz CT molecular complexity index is 3000. The fraction of sp³-hybridized carbons (Fsp3) is 0. The van der Waals surface area contributed by atoms with Gasteiger partial charge in [-0.25, -0.2) is 4.98 Å². The van der Waals surface area contributed by atoms with E-state index in [1.165, 1.54) is 48.2 Å². The first kappa shape index (κ1) is 29.4. The van der Waals surface area contributed by atoms with Crippen LogP contribution < -0.4 is 0 Å². The molecule has 4 heteroatoms. The van der Waals surface area contributed by atoms with Gasteiger partial charge in [0, 0.05) is 53.3 Å². The minimum atomic E-state index is 0.913. The lowest BCUT2D eigenvalue weighted by Gasteiger charge is -2.15. The number of aromatic nitrogens is 3. The van der Waals surface area contributed by atoms with Crippen LogP contribution in [0.15, 0.2) is 165 Å². The maximum atomic E-state index is 5.33. The number of rotatable bonds is 6. The van der Waals surface area contributed by atoms with Gasteiger partial charge in [0.15, 0.2) is 0 Å². The Morgan fingerprint density at radius 1 is 0.471 bits per heavy atom. The number of nitrogens with zero attached hydrogens (tertiary/aromatic N) is 3. The van der Waals surface area contributed by atoms with Crippen LogP contribution in [0.5, 0.6) is 0 Å². The summed E-state index contributed by atoms with van der Waals surface area (Å²) in [6.45, 7) is 8.19. The summed E-state index contributed by atoms with van der Waals surface area (Å²) >= 11 is 1.74. The minimum Gasteiger partial charge on any atom is -0.307 e. The van der Waals surface area contributed by atoms with Gasteiger partial charge in [0.05, 0.1) is 39.1 Å². The van der Waals surface area contributed by atoms with Crippen molar-refractivity contribution in [1.82, 2.24) is 14.1 Å². The van der Waals surface area contributed by atoms with Crippen molar-refractivity contribution < 1.29 is 0 Å². The quantitative estimate of drug-likeness (QED) is 0.173. The number of hydrogen-bond acceptors (Lipinski definition) is 2. The highest BCUT2D eigenvalue weighted by Crippen LogP contribution is 2.43. The molecule has 0 N–H and O–H groups in total. The SMILES string of the molecule is C=Cc1sc2ccc(-c3cc(-n4c5ccccc5c5ccc6c7ccccc7n(-c7ccccc7)c6c54)cc(-c4ccccc4)n3)cc2c1C=C. The molecule has 0 aliphatic rings. The van der Waals surface area contributed by atoms with Crippen molar-refractivity contribution in [2.45, 2.75) is 0 Å². The zero-order valence-corrected chi connectivity index (χ0v) is 28.6. The number of pyridine rings is 1. The van der Waals surface area contributed by atoms with Crippen LogP contribution in [0.3, 0.4) is 0 Å². The molecule has 3 nitrogen and oxygen atoms in total. The summed E-state index contributed by atoms with van der Waals surface area (Å²) in [4.78, 5) is 6.47. The fourth-order valence-corrected chi connectivity index (χ4v) is 8.86. The van der Waals surface area contributed by atoms with E-state index in [1.807, 2.05) is 12.2 Å². The van der Waals surface area contributed by atoms with Crippen LogP contribution >= 0.6 is 11.3 Å². The Balaban J connectivity index is 1.35. The van der Waals surface area contributed by atoms with Crippen molar-refractivity contribution in [2.24, 2.45) is 0 Å². The summed E-state index contributed by atoms with van der Waals surface area (Å²) in [6.07, 6.45) is 3.86. The molecule has 10 aromatic rings. The Hall–Kier alpha value is -6.49. The van der Waals surface area contributed by atoms with E-state index in [1.54, 1.807) is 11.3 Å². The third kappa shape index (κ3) is 4.47. The topological polar surface area (TPSA) is 22.8 Å². The Labute approximate surface area is 299 Å². The van der Waals surface area contributed by atoms with Gasteiger partial charge in [-0.15, -0.1) is 11.3 Å². The molecule has 0 aliphatic carbocycles. The predicted molar refractivity (Wildman–Crippen MR) is 219 cm³/mol. The highest BCUT2D eigenvalue weighted by atomic mass is 32.1. The van der Waals surface area contributed by atoms with E-state index in [2.05, 4.69) is 174 Å². The fourth-order valence-electron chi connectivity index (χ4n) is 7.82. The van der Waals surface area contributed by atoms with E-state index in [9.17, 15) is 0 Å². The van der Waals surface area contributed by atoms with Gasteiger partial charge in [-0.05, 0) is 54.1 Å². The third-order valence-electron chi connectivity index (χ3n) is 10.1. The van der Waals surface area contributed by atoms with E-state index >= 15 is 0 Å². The molecule has 0 bridgehead atoms. The summed E-state index contributed by atoms with van der Waals surface area (Å²) in [5.41, 5.74) is 12.0. The number of thiophene rings is 1. The number of hydrogen-bond donors (Lipinski definition) is 0. The van der Waals surface area contributed by atoms with E-state index in [0.717, 1.165) is 49.8 Å². The monoisotopic (exact) mass is 669 g/mol. The normalized spacial score (nSPS) is 11.7. The Morgan fingerprint density at radius 2 is 1.04 bits per heavy atom. The van der Waals surface area contributed by atoms with Crippen molar-refractivity contribution >= 4 is 77.2 Å². The van der Waals surface area contributed by atoms with Gasteiger partial charge in [-0.1, -0.05) is 128 Å². The molecular weight excluding hydrogens is 639 g/mol. The third-order valence-corrected chi connectivity index (χ3v) is 11.2.